The van der Waals surface area contributed by atoms with Crippen molar-refractivity contribution in [3.8, 4) is 0 Å². The molecule has 6 nitrogen and oxygen atoms in total. The zero-order valence-corrected chi connectivity index (χ0v) is 10.4. The topological polar surface area (TPSA) is 88.5 Å². The third-order valence-electron chi connectivity index (χ3n) is 2.43. The SMILES string of the molecule is COCCCC(NC(=O)c1ccc(F)nc1)C(=O)O. The van der Waals surface area contributed by atoms with E-state index < -0.39 is 23.9 Å². The molecule has 0 saturated carbocycles. The highest BCUT2D eigenvalue weighted by molar-refractivity contribution is 5.96. The summed E-state index contributed by atoms with van der Waals surface area (Å²) in [6.07, 6.45) is 1.82. The Balaban J connectivity index is 2.60. The number of methoxy groups -OCH3 is 1. The van der Waals surface area contributed by atoms with Crippen molar-refractivity contribution in [2.45, 2.75) is 18.9 Å². The van der Waals surface area contributed by atoms with Gasteiger partial charge in [-0.3, -0.25) is 4.79 Å². The van der Waals surface area contributed by atoms with E-state index in [0.717, 1.165) is 12.3 Å². The molecule has 1 atom stereocenters. The van der Waals surface area contributed by atoms with Crippen molar-refractivity contribution >= 4 is 11.9 Å². The van der Waals surface area contributed by atoms with E-state index in [-0.39, 0.29) is 12.0 Å². The van der Waals surface area contributed by atoms with Gasteiger partial charge in [0.25, 0.3) is 5.91 Å². The fourth-order valence-corrected chi connectivity index (χ4v) is 1.44. The molecule has 0 saturated heterocycles. The van der Waals surface area contributed by atoms with Crippen LogP contribution in [0.25, 0.3) is 0 Å². The molecule has 0 fully saturated rings. The minimum absolute atomic E-state index is 0.111. The summed E-state index contributed by atoms with van der Waals surface area (Å²) in [7, 11) is 1.51. The molecule has 1 aromatic heterocycles. The Morgan fingerprint density at radius 3 is 2.79 bits per heavy atom. The molecule has 0 radical (unpaired) electrons. The number of nitrogens with zero attached hydrogens (tertiary/aromatic N) is 1. The van der Waals surface area contributed by atoms with Gasteiger partial charge in [0.2, 0.25) is 5.95 Å². The predicted molar refractivity (Wildman–Crippen MR) is 64.2 cm³/mol. The Morgan fingerprint density at radius 1 is 1.53 bits per heavy atom. The monoisotopic (exact) mass is 270 g/mol. The van der Waals surface area contributed by atoms with E-state index in [1.807, 2.05) is 0 Å². The van der Waals surface area contributed by atoms with Gasteiger partial charge in [0.05, 0.1) is 5.56 Å². The van der Waals surface area contributed by atoms with Gasteiger partial charge in [0.15, 0.2) is 0 Å². The van der Waals surface area contributed by atoms with Gasteiger partial charge in [-0.1, -0.05) is 0 Å². The van der Waals surface area contributed by atoms with Crippen molar-refractivity contribution in [1.82, 2.24) is 10.3 Å². The van der Waals surface area contributed by atoms with Crippen LogP contribution >= 0.6 is 0 Å². The molecule has 2 N–H and O–H groups in total. The molecule has 0 aliphatic rings. The summed E-state index contributed by atoms with van der Waals surface area (Å²) in [5.41, 5.74) is 0.111. The maximum atomic E-state index is 12.6. The minimum atomic E-state index is -1.13. The number of hydrogen-bond acceptors (Lipinski definition) is 4. The molecular weight excluding hydrogens is 255 g/mol. The van der Waals surface area contributed by atoms with Gasteiger partial charge in [-0.15, -0.1) is 0 Å². The van der Waals surface area contributed by atoms with Crippen molar-refractivity contribution in [3.05, 3.63) is 29.8 Å². The predicted octanol–water partition coefficient (Wildman–Crippen LogP) is 0.830. The van der Waals surface area contributed by atoms with Crippen LogP contribution in [0.15, 0.2) is 18.3 Å². The molecule has 7 heteroatoms. The Kier molecular flexibility index (Phi) is 5.87. The van der Waals surface area contributed by atoms with Crippen LogP contribution in [0.5, 0.6) is 0 Å². The lowest BCUT2D eigenvalue weighted by atomic mass is 10.1. The molecule has 19 heavy (non-hydrogen) atoms. The van der Waals surface area contributed by atoms with Crippen LogP contribution in [-0.4, -0.2) is 41.7 Å². The highest BCUT2D eigenvalue weighted by Gasteiger charge is 2.20. The highest BCUT2D eigenvalue weighted by Crippen LogP contribution is 2.03. The van der Waals surface area contributed by atoms with Gasteiger partial charge in [-0.05, 0) is 25.0 Å². The fraction of sp³-hybridized carbons (Fsp3) is 0.417. The molecule has 1 heterocycles. The summed E-state index contributed by atoms with van der Waals surface area (Å²) in [6.45, 7) is 0.414. The summed E-state index contributed by atoms with van der Waals surface area (Å²) in [5.74, 6) is -2.43. The van der Waals surface area contributed by atoms with E-state index in [9.17, 15) is 14.0 Å². The van der Waals surface area contributed by atoms with Crippen LogP contribution in [0.1, 0.15) is 23.2 Å². The summed E-state index contributed by atoms with van der Waals surface area (Å²) in [4.78, 5) is 26.1. The maximum absolute atomic E-state index is 12.6. The number of carboxylic acids is 1. The summed E-state index contributed by atoms with van der Waals surface area (Å²) in [5, 5.41) is 11.3. The van der Waals surface area contributed by atoms with Gasteiger partial charge in [0.1, 0.15) is 6.04 Å². The average Bonchev–Trinajstić information content (AvgIpc) is 2.38. The van der Waals surface area contributed by atoms with Gasteiger partial charge in [-0.25, -0.2) is 9.78 Å². The normalized spacial score (nSPS) is 11.9. The van der Waals surface area contributed by atoms with Gasteiger partial charge in [0, 0.05) is 19.9 Å². The molecule has 1 rings (SSSR count). The van der Waals surface area contributed by atoms with Crippen molar-refractivity contribution in [1.29, 1.82) is 0 Å². The lowest BCUT2D eigenvalue weighted by Crippen LogP contribution is -2.41. The lowest BCUT2D eigenvalue weighted by Gasteiger charge is -2.14. The number of nitrogens with one attached hydrogen (secondary N) is 1. The second kappa shape index (κ2) is 7.42. The summed E-state index contributed by atoms with van der Waals surface area (Å²) >= 11 is 0. The molecule has 0 aromatic carbocycles. The van der Waals surface area contributed by atoms with Gasteiger partial charge < -0.3 is 15.2 Å². The summed E-state index contributed by atoms with van der Waals surface area (Å²) in [6, 6.07) is 1.27. The second-order valence-corrected chi connectivity index (χ2v) is 3.87. The van der Waals surface area contributed by atoms with Crippen LogP contribution in [0, 0.1) is 5.95 Å². The first-order valence-electron chi connectivity index (χ1n) is 5.68. The highest BCUT2D eigenvalue weighted by atomic mass is 19.1. The Bertz CT molecular complexity index is 436. The first-order chi connectivity index (χ1) is 9.04. The standard InChI is InChI=1S/C12H15FN2O4/c1-19-6-2-3-9(12(17)18)15-11(16)8-4-5-10(13)14-7-8/h4-5,7,9H,2-3,6H2,1H3,(H,15,16)(H,17,18). The smallest absolute Gasteiger partial charge is 0.326 e. The molecule has 1 unspecified atom stereocenters. The first-order valence-corrected chi connectivity index (χ1v) is 5.68. The van der Waals surface area contributed by atoms with E-state index in [0.29, 0.717) is 13.0 Å². The van der Waals surface area contributed by atoms with Crippen molar-refractivity contribution in [2.24, 2.45) is 0 Å². The Hall–Kier alpha value is -2.02. The number of halogens is 1. The molecule has 104 valence electrons. The molecule has 0 aliphatic heterocycles. The molecule has 0 bridgehead atoms. The van der Waals surface area contributed by atoms with Crippen molar-refractivity contribution < 1.29 is 23.8 Å². The maximum Gasteiger partial charge on any atom is 0.326 e. The van der Waals surface area contributed by atoms with E-state index in [4.69, 9.17) is 9.84 Å². The molecule has 1 aromatic rings. The second-order valence-electron chi connectivity index (χ2n) is 3.87. The van der Waals surface area contributed by atoms with E-state index in [2.05, 4.69) is 10.3 Å². The Labute approximate surface area is 109 Å². The van der Waals surface area contributed by atoms with Crippen LogP contribution in [-0.2, 0) is 9.53 Å². The fourth-order valence-electron chi connectivity index (χ4n) is 1.44. The zero-order chi connectivity index (χ0) is 14.3. The molecule has 0 spiro atoms. The third kappa shape index (κ3) is 5.01. The zero-order valence-electron chi connectivity index (χ0n) is 10.4. The number of carboxylic acid groups (broad SMARTS) is 1. The summed E-state index contributed by atoms with van der Waals surface area (Å²) < 4.78 is 17.4. The number of aliphatic carboxylic acids is 1. The van der Waals surface area contributed by atoms with E-state index in [1.54, 1.807) is 0 Å². The lowest BCUT2D eigenvalue weighted by molar-refractivity contribution is -0.139. The average molecular weight is 270 g/mol. The molecule has 0 aliphatic carbocycles. The number of hydrogen-bond donors (Lipinski definition) is 2. The van der Waals surface area contributed by atoms with E-state index >= 15 is 0 Å². The van der Waals surface area contributed by atoms with E-state index in [1.165, 1.54) is 13.2 Å². The van der Waals surface area contributed by atoms with Crippen LogP contribution in [0.4, 0.5) is 4.39 Å². The number of aromatic nitrogens is 1. The Morgan fingerprint density at radius 2 is 2.26 bits per heavy atom. The quantitative estimate of drug-likeness (QED) is 0.566. The largest absolute Gasteiger partial charge is 0.480 e. The third-order valence-corrected chi connectivity index (χ3v) is 2.43. The van der Waals surface area contributed by atoms with Crippen LogP contribution in [0.3, 0.4) is 0 Å². The number of amides is 1. The number of carbonyl (C=O) groups excluding carboxylic acids is 1. The number of rotatable bonds is 7. The first kappa shape index (κ1) is 15.0. The van der Waals surface area contributed by atoms with Crippen LogP contribution < -0.4 is 5.32 Å². The number of carbonyl (C=O) groups is 2. The number of ether oxygens (including phenoxy) is 1. The molecule has 1 amide bonds. The minimum Gasteiger partial charge on any atom is -0.480 e. The number of pyridine rings is 1. The van der Waals surface area contributed by atoms with Crippen LogP contribution in [0.2, 0.25) is 0 Å². The van der Waals surface area contributed by atoms with Crippen molar-refractivity contribution in [3.63, 3.8) is 0 Å². The van der Waals surface area contributed by atoms with Crippen molar-refractivity contribution in [2.75, 3.05) is 13.7 Å². The van der Waals surface area contributed by atoms with Gasteiger partial charge >= 0.3 is 5.97 Å². The molecular formula is C12H15FN2O4. The van der Waals surface area contributed by atoms with Gasteiger partial charge in [-0.2, -0.15) is 4.39 Å².